The van der Waals surface area contributed by atoms with Crippen molar-refractivity contribution in [3.63, 3.8) is 0 Å². The van der Waals surface area contributed by atoms with E-state index in [0.717, 1.165) is 21.9 Å². The summed E-state index contributed by atoms with van der Waals surface area (Å²) < 4.78 is 21.8. The zero-order chi connectivity index (χ0) is 20.5. The average molecular weight is 403 g/mol. The Bertz CT molecular complexity index is 1280. The van der Waals surface area contributed by atoms with Crippen LogP contribution in [-0.4, -0.2) is 31.7 Å². The summed E-state index contributed by atoms with van der Waals surface area (Å²) >= 11 is 0. The molecule has 0 saturated heterocycles. The smallest absolute Gasteiger partial charge is 0.338 e. The molecular weight excluding hydrogens is 386 g/mol. The molecule has 1 aliphatic rings. The molecule has 7 heteroatoms. The van der Waals surface area contributed by atoms with Gasteiger partial charge in [0.15, 0.2) is 18.1 Å². The summed E-state index contributed by atoms with van der Waals surface area (Å²) in [7, 11) is 0. The van der Waals surface area contributed by atoms with Crippen molar-refractivity contribution in [1.82, 2.24) is 0 Å². The van der Waals surface area contributed by atoms with Gasteiger partial charge in [-0.15, -0.1) is 0 Å². The lowest BCUT2D eigenvalue weighted by atomic mass is 10.1. The van der Waals surface area contributed by atoms with E-state index in [0.29, 0.717) is 36.0 Å². The highest BCUT2D eigenvalue weighted by Crippen LogP contribution is 2.31. The van der Waals surface area contributed by atoms with Crippen molar-refractivity contribution in [3.8, 4) is 11.5 Å². The van der Waals surface area contributed by atoms with Crippen LogP contribution in [0.25, 0.3) is 21.9 Å². The predicted molar refractivity (Wildman–Crippen MR) is 110 cm³/mol. The summed E-state index contributed by atoms with van der Waals surface area (Å²) in [6.07, 6.45) is 0. The largest absolute Gasteiger partial charge is 0.486 e. The van der Waals surface area contributed by atoms with Crippen molar-refractivity contribution >= 4 is 39.5 Å². The van der Waals surface area contributed by atoms with Crippen LogP contribution in [0.4, 0.5) is 5.69 Å². The van der Waals surface area contributed by atoms with Crippen LogP contribution in [0.3, 0.4) is 0 Å². The zero-order valence-corrected chi connectivity index (χ0v) is 15.8. The molecule has 3 aromatic carbocycles. The Hall–Kier alpha value is -4.00. The number of hydrogen-bond donors (Lipinski definition) is 1. The molecule has 0 saturated carbocycles. The molecule has 0 spiro atoms. The maximum atomic E-state index is 12.3. The van der Waals surface area contributed by atoms with E-state index >= 15 is 0 Å². The molecule has 0 radical (unpaired) electrons. The number of furan rings is 1. The molecule has 2 heterocycles. The third-order valence-electron chi connectivity index (χ3n) is 4.77. The number of carbonyl (C=O) groups excluding carboxylic acids is 2. The molecule has 1 amide bonds. The standard InChI is InChI=1S/C23H17NO6/c25-22(13-29-23(26)14-5-7-20-21(11-14)28-10-9-27-20)24-15-6-8-19-17(12-15)16-3-1-2-4-18(16)30-19/h1-8,11-12H,9-10,13H2,(H,24,25). The Morgan fingerprint density at radius 2 is 1.67 bits per heavy atom. The van der Waals surface area contributed by atoms with Crippen molar-refractivity contribution < 1.29 is 28.2 Å². The number of amides is 1. The van der Waals surface area contributed by atoms with Crippen LogP contribution >= 0.6 is 0 Å². The van der Waals surface area contributed by atoms with Gasteiger partial charge in [0.05, 0.1) is 5.56 Å². The Balaban J connectivity index is 1.25. The van der Waals surface area contributed by atoms with E-state index in [1.807, 2.05) is 30.3 Å². The second-order valence-corrected chi connectivity index (χ2v) is 6.79. The topological polar surface area (TPSA) is 87.0 Å². The second-order valence-electron chi connectivity index (χ2n) is 6.79. The van der Waals surface area contributed by atoms with Crippen LogP contribution in [0.2, 0.25) is 0 Å². The lowest BCUT2D eigenvalue weighted by Gasteiger charge is -2.18. The van der Waals surface area contributed by atoms with Gasteiger partial charge >= 0.3 is 5.97 Å². The highest BCUT2D eigenvalue weighted by Gasteiger charge is 2.17. The molecule has 0 unspecified atom stereocenters. The number of hydrogen-bond acceptors (Lipinski definition) is 6. The number of fused-ring (bicyclic) bond motifs is 4. The lowest BCUT2D eigenvalue weighted by Crippen LogP contribution is -2.21. The van der Waals surface area contributed by atoms with Gasteiger partial charge in [-0.05, 0) is 42.5 Å². The predicted octanol–water partition coefficient (Wildman–Crippen LogP) is 4.15. The minimum absolute atomic E-state index is 0.290. The fraction of sp³-hybridized carbons (Fsp3) is 0.130. The van der Waals surface area contributed by atoms with E-state index in [-0.39, 0.29) is 0 Å². The number of nitrogens with one attached hydrogen (secondary N) is 1. The Labute approximate surface area is 171 Å². The summed E-state index contributed by atoms with van der Waals surface area (Å²) in [5.41, 5.74) is 2.40. The van der Waals surface area contributed by atoms with Gasteiger partial charge in [0.2, 0.25) is 0 Å². The van der Waals surface area contributed by atoms with Crippen LogP contribution in [-0.2, 0) is 9.53 Å². The molecule has 0 aliphatic carbocycles. The second kappa shape index (κ2) is 7.44. The molecule has 0 fully saturated rings. The maximum absolute atomic E-state index is 12.3. The fourth-order valence-corrected chi connectivity index (χ4v) is 3.39. The van der Waals surface area contributed by atoms with Gasteiger partial charge in [0, 0.05) is 16.5 Å². The van der Waals surface area contributed by atoms with Crippen LogP contribution in [0.1, 0.15) is 10.4 Å². The quantitative estimate of drug-likeness (QED) is 0.515. The monoisotopic (exact) mass is 403 g/mol. The van der Waals surface area contributed by atoms with Crippen LogP contribution < -0.4 is 14.8 Å². The van der Waals surface area contributed by atoms with Gasteiger partial charge in [0.25, 0.3) is 5.91 Å². The SMILES string of the molecule is O=C(COC(=O)c1ccc2c(c1)OCCO2)Nc1ccc2oc3ccccc3c2c1. The van der Waals surface area contributed by atoms with Crippen molar-refractivity contribution in [2.45, 2.75) is 0 Å². The van der Waals surface area contributed by atoms with Crippen LogP contribution in [0, 0.1) is 0 Å². The van der Waals surface area contributed by atoms with E-state index < -0.39 is 18.5 Å². The van der Waals surface area contributed by atoms with Gasteiger partial charge in [-0.3, -0.25) is 4.79 Å². The average Bonchev–Trinajstić information content (AvgIpc) is 3.15. The molecule has 1 aromatic heterocycles. The van der Waals surface area contributed by atoms with E-state index in [9.17, 15) is 9.59 Å². The Morgan fingerprint density at radius 1 is 0.867 bits per heavy atom. The maximum Gasteiger partial charge on any atom is 0.338 e. The molecule has 1 aliphatic heterocycles. The first-order valence-corrected chi connectivity index (χ1v) is 9.45. The van der Waals surface area contributed by atoms with Gasteiger partial charge in [-0.25, -0.2) is 4.79 Å². The first kappa shape index (κ1) is 18.1. The lowest BCUT2D eigenvalue weighted by molar-refractivity contribution is -0.119. The number of ether oxygens (including phenoxy) is 3. The summed E-state index contributed by atoms with van der Waals surface area (Å²) in [6.45, 7) is 0.485. The number of para-hydroxylation sites is 1. The summed E-state index contributed by atoms with van der Waals surface area (Å²) in [6, 6.07) is 17.8. The third kappa shape index (κ3) is 3.41. The molecule has 5 rings (SSSR count). The molecular formula is C23H17NO6. The normalized spacial score (nSPS) is 12.7. The van der Waals surface area contributed by atoms with Crippen LogP contribution in [0.5, 0.6) is 11.5 Å². The van der Waals surface area contributed by atoms with Gasteiger partial charge in [0.1, 0.15) is 24.4 Å². The molecule has 150 valence electrons. The first-order chi connectivity index (χ1) is 14.7. The van der Waals surface area contributed by atoms with Crippen molar-refractivity contribution in [2.75, 3.05) is 25.1 Å². The van der Waals surface area contributed by atoms with Crippen molar-refractivity contribution in [2.24, 2.45) is 0 Å². The van der Waals surface area contributed by atoms with Gasteiger partial charge < -0.3 is 23.9 Å². The first-order valence-electron chi connectivity index (χ1n) is 9.45. The van der Waals surface area contributed by atoms with Crippen LogP contribution in [0.15, 0.2) is 65.1 Å². The molecule has 1 N–H and O–H groups in total. The molecule has 4 aromatic rings. The number of carbonyl (C=O) groups is 2. The minimum Gasteiger partial charge on any atom is -0.486 e. The number of benzene rings is 3. The zero-order valence-electron chi connectivity index (χ0n) is 15.8. The highest BCUT2D eigenvalue weighted by molar-refractivity contribution is 6.07. The summed E-state index contributed by atoms with van der Waals surface area (Å²) in [4.78, 5) is 24.5. The summed E-state index contributed by atoms with van der Waals surface area (Å²) in [5, 5.41) is 4.61. The molecule has 30 heavy (non-hydrogen) atoms. The summed E-state index contributed by atoms with van der Waals surface area (Å²) in [5.74, 6) is 0.0185. The number of rotatable bonds is 4. The number of anilines is 1. The molecule has 0 bridgehead atoms. The molecule has 7 nitrogen and oxygen atoms in total. The Morgan fingerprint density at radius 3 is 2.57 bits per heavy atom. The minimum atomic E-state index is -0.613. The Kier molecular flexibility index (Phi) is 4.48. The van der Waals surface area contributed by atoms with Crippen molar-refractivity contribution in [3.05, 3.63) is 66.2 Å². The molecule has 0 atom stereocenters. The van der Waals surface area contributed by atoms with Gasteiger partial charge in [-0.2, -0.15) is 0 Å². The van der Waals surface area contributed by atoms with E-state index in [1.54, 1.807) is 30.3 Å². The van der Waals surface area contributed by atoms with E-state index in [2.05, 4.69) is 5.32 Å². The number of esters is 1. The van der Waals surface area contributed by atoms with E-state index in [4.69, 9.17) is 18.6 Å². The van der Waals surface area contributed by atoms with Crippen molar-refractivity contribution in [1.29, 1.82) is 0 Å². The third-order valence-corrected chi connectivity index (χ3v) is 4.77. The van der Waals surface area contributed by atoms with E-state index in [1.165, 1.54) is 0 Å². The van der Waals surface area contributed by atoms with Gasteiger partial charge in [-0.1, -0.05) is 18.2 Å². The highest BCUT2D eigenvalue weighted by atomic mass is 16.6. The fourth-order valence-electron chi connectivity index (χ4n) is 3.39.